The first-order valence-electron chi connectivity index (χ1n) is 12.3. The minimum absolute atomic E-state index is 0.0664. The van der Waals surface area contributed by atoms with Gasteiger partial charge in [-0.15, -0.1) is 0 Å². The van der Waals surface area contributed by atoms with Crippen LogP contribution in [0.5, 0.6) is 5.75 Å². The van der Waals surface area contributed by atoms with Crippen LogP contribution in [-0.2, 0) is 6.42 Å². The Balaban J connectivity index is 1.77. The Bertz CT molecular complexity index is 982. The Kier molecular flexibility index (Phi) is 8.92. The van der Waals surface area contributed by atoms with Crippen molar-refractivity contribution in [2.24, 2.45) is 0 Å². The Morgan fingerprint density at radius 1 is 0.969 bits per heavy atom. The van der Waals surface area contributed by atoms with Crippen molar-refractivity contribution in [1.82, 2.24) is 9.30 Å². The van der Waals surface area contributed by atoms with Gasteiger partial charge in [0.1, 0.15) is 5.75 Å². The number of aryl methyl sites for hydroxylation is 1. The van der Waals surface area contributed by atoms with Gasteiger partial charge in [-0.25, -0.2) is 0 Å². The predicted molar refractivity (Wildman–Crippen MR) is 133 cm³/mol. The molecule has 1 unspecified atom stereocenters. The fraction of sp³-hybridized carbons (Fsp3) is 0.464. The second-order valence-corrected chi connectivity index (χ2v) is 8.45. The van der Waals surface area contributed by atoms with E-state index in [4.69, 9.17) is 4.74 Å². The lowest BCUT2D eigenvalue weighted by atomic mass is 9.99. The van der Waals surface area contributed by atoms with Gasteiger partial charge in [0.25, 0.3) is 0 Å². The summed E-state index contributed by atoms with van der Waals surface area (Å²) in [5.74, 6) is 0.894. The van der Waals surface area contributed by atoms with Crippen molar-refractivity contribution in [1.29, 1.82) is 0 Å². The summed E-state index contributed by atoms with van der Waals surface area (Å²) in [4.78, 5) is 15.8. The first-order chi connectivity index (χ1) is 15.6. The van der Waals surface area contributed by atoms with Gasteiger partial charge in [-0.2, -0.15) is 0 Å². The molecule has 172 valence electrons. The maximum atomic E-state index is 13.4. The van der Waals surface area contributed by atoms with Crippen molar-refractivity contribution in [3.05, 3.63) is 71.5 Å². The molecule has 0 saturated heterocycles. The monoisotopic (exact) mass is 434 g/mol. The summed E-state index contributed by atoms with van der Waals surface area (Å²) in [7, 11) is 0. The van der Waals surface area contributed by atoms with Crippen LogP contribution in [0.15, 0.2) is 54.9 Å². The predicted octanol–water partition coefficient (Wildman–Crippen LogP) is 6.75. The molecule has 0 bridgehead atoms. The van der Waals surface area contributed by atoms with E-state index >= 15 is 0 Å². The fourth-order valence-corrected chi connectivity index (χ4v) is 4.23. The van der Waals surface area contributed by atoms with E-state index in [2.05, 4.69) is 38.8 Å². The first kappa shape index (κ1) is 24.1. The van der Waals surface area contributed by atoms with Crippen molar-refractivity contribution < 1.29 is 9.53 Å². The maximum Gasteiger partial charge on any atom is 0.195 e. The molecule has 0 aliphatic heterocycles. The Morgan fingerprint density at radius 2 is 1.66 bits per heavy atom. The third-order valence-corrected chi connectivity index (χ3v) is 6.11. The lowest BCUT2D eigenvalue weighted by Crippen LogP contribution is -2.40. The van der Waals surface area contributed by atoms with Crippen molar-refractivity contribution in [2.75, 3.05) is 13.1 Å². The summed E-state index contributed by atoms with van der Waals surface area (Å²) >= 11 is 0. The van der Waals surface area contributed by atoms with E-state index in [0.717, 1.165) is 48.3 Å². The molecular formula is C28H38N2O2. The fourth-order valence-electron chi connectivity index (χ4n) is 4.23. The first-order valence-corrected chi connectivity index (χ1v) is 12.3. The highest BCUT2D eigenvalue weighted by atomic mass is 16.5. The van der Waals surface area contributed by atoms with E-state index in [-0.39, 0.29) is 12.0 Å². The summed E-state index contributed by atoms with van der Waals surface area (Å²) in [6.07, 6.45) is 10.6. The van der Waals surface area contributed by atoms with E-state index in [1.54, 1.807) is 0 Å². The Labute approximate surface area is 193 Å². The highest BCUT2D eigenvalue weighted by molar-refractivity contribution is 6.14. The molecule has 1 atom stereocenters. The van der Waals surface area contributed by atoms with Crippen LogP contribution >= 0.6 is 0 Å². The van der Waals surface area contributed by atoms with Crippen molar-refractivity contribution in [2.45, 2.75) is 72.4 Å². The number of ether oxygens (including phenoxy) is 1. The van der Waals surface area contributed by atoms with Crippen LogP contribution < -0.4 is 4.74 Å². The summed E-state index contributed by atoms with van der Waals surface area (Å²) in [5, 5.41) is 0. The number of fused-ring (bicyclic) bond motifs is 1. The molecule has 0 radical (unpaired) electrons. The van der Waals surface area contributed by atoms with Crippen LogP contribution in [-0.4, -0.2) is 34.4 Å². The zero-order chi connectivity index (χ0) is 22.9. The van der Waals surface area contributed by atoms with Gasteiger partial charge in [0.2, 0.25) is 0 Å². The van der Waals surface area contributed by atoms with Crippen LogP contribution in [0.1, 0.15) is 81.3 Å². The van der Waals surface area contributed by atoms with Gasteiger partial charge in [-0.1, -0.05) is 46.6 Å². The molecule has 0 saturated carbocycles. The normalized spacial score (nSPS) is 12.4. The van der Waals surface area contributed by atoms with E-state index in [1.807, 2.05) is 53.1 Å². The zero-order valence-electron chi connectivity index (χ0n) is 20.1. The van der Waals surface area contributed by atoms with Gasteiger partial charge in [0, 0.05) is 31.0 Å². The standard InChI is InChI=1S/C28H38N2O2/c1-5-9-18-29(19-10-6-2)26(8-4)32-24-16-14-23(15-17-24)28(31)27-22(7-3)21-30-20-12-11-13-25(27)30/h11-17,20-21,26H,5-10,18-19H2,1-4H3. The summed E-state index contributed by atoms with van der Waals surface area (Å²) in [6.45, 7) is 10.9. The lowest BCUT2D eigenvalue weighted by Gasteiger charge is -2.31. The molecule has 3 aromatic rings. The molecule has 3 rings (SSSR count). The molecule has 0 aliphatic rings. The van der Waals surface area contributed by atoms with E-state index < -0.39 is 0 Å². The van der Waals surface area contributed by atoms with E-state index in [9.17, 15) is 4.79 Å². The molecule has 4 nitrogen and oxygen atoms in total. The van der Waals surface area contributed by atoms with Gasteiger partial charge < -0.3 is 9.14 Å². The molecule has 32 heavy (non-hydrogen) atoms. The van der Waals surface area contributed by atoms with Crippen molar-refractivity contribution in [3.8, 4) is 5.75 Å². The number of aromatic nitrogens is 1. The number of carbonyl (C=O) groups is 1. The highest BCUT2D eigenvalue weighted by Crippen LogP contribution is 2.25. The average molecular weight is 435 g/mol. The van der Waals surface area contributed by atoms with E-state index in [0.29, 0.717) is 5.56 Å². The summed E-state index contributed by atoms with van der Waals surface area (Å²) in [5.41, 5.74) is 3.54. The zero-order valence-corrected chi connectivity index (χ0v) is 20.1. The molecule has 0 amide bonds. The number of nitrogens with zero attached hydrogens (tertiary/aromatic N) is 2. The third kappa shape index (κ3) is 5.60. The number of hydrogen-bond donors (Lipinski definition) is 0. The maximum absolute atomic E-state index is 13.4. The molecule has 4 heteroatoms. The molecule has 0 aliphatic carbocycles. The number of unbranched alkanes of at least 4 members (excludes halogenated alkanes) is 2. The largest absolute Gasteiger partial charge is 0.475 e. The SMILES string of the molecule is CCCCN(CCCC)C(CC)Oc1ccc(C(=O)c2c(CC)cn3ccccc23)cc1. The molecule has 1 aromatic carbocycles. The lowest BCUT2D eigenvalue weighted by molar-refractivity contribution is 0.0202. The Hall–Kier alpha value is -2.59. The number of hydrogen-bond acceptors (Lipinski definition) is 3. The van der Waals surface area contributed by atoms with Crippen LogP contribution in [0.2, 0.25) is 0 Å². The van der Waals surface area contributed by atoms with Gasteiger partial charge in [-0.05, 0) is 67.6 Å². The summed E-state index contributed by atoms with van der Waals surface area (Å²) < 4.78 is 8.41. The van der Waals surface area contributed by atoms with Gasteiger partial charge in [0.05, 0.1) is 11.1 Å². The molecule has 2 heterocycles. The van der Waals surface area contributed by atoms with Gasteiger partial charge >= 0.3 is 0 Å². The number of rotatable bonds is 13. The number of benzene rings is 1. The summed E-state index contributed by atoms with van der Waals surface area (Å²) in [6, 6.07) is 13.7. The van der Waals surface area contributed by atoms with Gasteiger partial charge in [0.15, 0.2) is 12.0 Å². The van der Waals surface area contributed by atoms with Crippen LogP contribution in [0.3, 0.4) is 0 Å². The number of ketones is 1. The molecular weight excluding hydrogens is 396 g/mol. The number of carbonyl (C=O) groups excluding carboxylic acids is 1. The van der Waals surface area contributed by atoms with Crippen LogP contribution in [0.4, 0.5) is 0 Å². The van der Waals surface area contributed by atoms with Crippen molar-refractivity contribution >= 4 is 11.3 Å². The minimum Gasteiger partial charge on any atom is -0.475 e. The van der Waals surface area contributed by atoms with E-state index in [1.165, 1.54) is 25.7 Å². The smallest absolute Gasteiger partial charge is 0.195 e. The Morgan fingerprint density at radius 3 is 2.25 bits per heavy atom. The number of pyridine rings is 1. The average Bonchev–Trinajstić information content (AvgIpc) is 3.21. The second-order valence-electron chi connectivity index (χ2n) is 8.45. The molecule has 2 aromatic heterocycles. The van der Waals surface area contributed by atoms with Crippen LogP contribution in [0, 0.1) is 0 Å². The molecule has 0 N–H and O–H groups in total. The van der Waals surface area contributed by atoms with Crippen molar-refractivity contribution in [3.63, 3.8) is 0 Å². The second kappa shape index (κ2) is 11.9. The van der Waals surface area contributed by atoms with Gasteiger partial charge in [-0.3, -0.25) is 9.69 Å². The highest BCUT2D eigenvalue weighted by Gasteiger charge is 2.20. The molecule has 0 fully saturated rings. The topological polar surface area (TPSA) is 34.0 Å². The van der Waals surface area contributed by atoms with Crippen LogP contribution in [0.25, 0.3) is 5.52 Å². The molecule has 0 spiro atoms. The quantitative estimate of drug-likeness (QED) is 0.220. The minimum atomic E-state index is 0.0664. The third-order valence-electron chi connectivity index (χ3n) is 6.11.